The average molecular weight is 269 g/mol. The minimum atomic E-state index is -0.796. The molecule has 0 bridgehead atoms. The second kappa shape index (κ2) is 5.46. The summed E-state index contributed by atoms with van der Waals surface area (Å²) < 4.78 is 0. The summed E-state index contributed by atoms with van der Waals surface area (Å²) in [6, 6.07) is 0.188. The van der Waals surface area contributed by atoms with Gasteiger partial charge in [-0.3, -0.25) is 14.6 Å². The molecule has 1 aliphatic heterocycles. The largest absolute Gasteiger partial charge is 0.395 e. The molecule has 6 heteroatoms. The van der Waals surface area contributed by atoms with Crippen LogP contribution in [-0.2, 0) is 4.79 Å². The molecule has 2 rings (SSSR count). The number of rotatable bonds is 6. The van der Waals surface area contributed by atoms with Crippen molar-refractivity contribution in [1.29, 1.82) is 0 Å². The van der Waals surface area contributed by atoms with Gasteiger partial charge in [0.25, 0.3) is 5.91 Å². The molecule has 1 saturated carbocycles. The normalized spacial score (nSPS) is 22.8. The number of carbonyl (C=O) groups is 2. The fraction of sp³-hybridized carbons (Fsp3) is 0.846. The number of hydrogen-bond acceptors (Lipinski definition) is 4. The molecular weight excluding hydrogens is 246 g/mol. The minimum absolute atomic E-state index is 0.113. The van der Waals surface area contributed by atoms with Gasteiger partial charge in [0, 0.05) is 25.7 Å². The summed E-state index contributed by atoms with van der Waals surface area (Å²) in [6.45, 7) is 5.18. The van der Waals surface area contributed by atoms with Crippen LogP contribution in [-0.4, -0.2) is 64.7 Å². The van der Waals surface area contributed by atoms with Gasteiger partial charge < -0.3 is 10.4 Å². The van der Waals surface area contributed by atoms with E-state index in [1.54, 1.807) is 13.8 Å². The van der Waals surface area contributed by atoms with Gasteiger partial charge in [-0.15, -0.1) is 0 Å². The Hall–Kier alpha value is -1.14. The molecule has 0 aromatic heterocycles. The van der Waals surface area contributed by atoms with E-state index in [1.807, 2.05) is 0 Å². The Labute approximate surface area is 113 Å². The van der Waals surface area contributed by atoms with Crippen LogP contribution in [0, 0.1) is 0 Å². The zero-order chi connectivity index (χ0) is 14.0. The third kappa shape index (κ3) is 2.90. The highest BCUT2D eigenvalue weighted by Crippen LogP contribution is 2.24. The van der Waals surface area contributed by atoms with Crippen LogP contribution in [0.25, 0.3) is 0 Å². The van der Waals surface area contributed by atoms with Crippen molar-refractivity contribution in [3.8, 4) is 0 Å². The standard InChI is InChI=1S/C13H23N3O3/c1-13(2)11(18)16(12(19)14-13)7-6-15(8-9-17)10-4-3-5-10/h10,17H,3-9H2,1-2H3,(H,14,19). The fourth-order valence-corrected chi connectivity index (χ4v) is 2.61. The van der Waals surface area contributed by atoms with E-state index in [1.165, 1.54) is 11.3 Å². The topological polar surface area (TPSA) is 72.9 Å². The first-order valence-electron chi connectivity index (χ1n) is 6.95. The fourth-order valence-electron chi connectivity index (χ4n) is 2.61. The van der Waals surface area contributed by atoms with Crippen molar-refractivity contribution in [2.24, 2.45) is 0 Å². The summed E-state index contributed by atoms with van der Waals surface area (Å²) in [7, 11) is 0. The Kier molecular flexibility index (Phi) is 4.10. The molecule has 0 aromatic rings. The van der Waals surface area contributed by atoms with Crippen LogP contribution in [0.4, 0.5) is 4.79 Å². The molecule has 1 saturated heterocycles. The summed E-state index contributed by atoms with van der Waals surface area (Å²) in [6.07, 6.45) is 3.51. The minimum Gasteiger partial charge on any atom is -0.395 e. The molecule has 0 atom stereocenters. The lowest BCUT2D eigenvalue weighted by Crippen LogP contribution is -2.47. The molecule has 6 nitrogen and oxygen atoms in total. The first-order chi connectivity index (χ1) is 8.95. The van der Waals surface area contributed by atoms with Crippen LogP contribution in [0.2, 0.25) is 0 Å². The number of nitrogens with one attached hydrogen (secondary N) is 1. The van der Waals surface area contributed by atoms with Crippen LogP contribution in [0.3, 0.4) is 0 Å². The van der Waals surface area contributed by atoms with Gasteiger partial charge in [-0.25, -0.2) is 4.79 Å². The number of aliphatic hydroxyl groups excluding tert-OH is 1. The van der Waals surface area contributed by atoms with Crippen molar-refractivity contribution >= 4 is 11.9 Å². The molecule has 108 valence electrons. The molecule has 0 radical (unpaired) electrons. The lowest BCUT2D eigenvalue weighted by Gasteiger charge is -2.37. The quantitative estimate of drug-likeness (QED) is 0.674. The molecule has 0 unspecified atom stereocenters. The Morgan fingerprint density at radius 1 is 1.37 bits per heavy atom. The van der Waals surface area contributed by atoms with Crippen molar-refractivity contribution in [3.05, 3.63) is 0 Å². The third-order valence-corrected chi connectivity index (χ3v) is 4.03. The van der Waals surface area contributed by atoms with Gasteiger partial charge in [-0.1, -0.05) is 6.42 Å². The van der Waals surface area contributed by atoms with Crippen molar-refractivity contribution in [3.63, 3.8) is 0 Å². The second-order valence-electron chi connectivity index (χ2n) is 5.86. The van der Waals surface area contributed by atoms with Crippen LogP contribution >= 0.6 is 0 Å². The van der Waals surface area contributed by atoms with Gasteiger partial charge in [0.05, 0.1) is 6.61 Å². The molecule has 2 fully saturated rings. The van der Waals surface area contributed by atoms with E-state index in [0.717, 1.165) is 12.8 Å². The summed E-state index contributed by atoms with van der Waals surface area (Å²) >= 11 is 0. The highest BCUT2D eigenvalue weighted by Gasteiger charge is 2.44. The van der Waals surface area contributed by atoms with Crippen molar-refractivity contribution in [2.75, 3.05) is 26.2 Å². The second-order valence-corrected chi connectivity index (χ2v) is 5.86. The van der Waals surface area contributed by atoms with E-state index in [2.05, 4.69) is 10.2 Å². The Bertz CT molecular complexity index is 366. The highest BCUT2D eigenvalue weighted by molar-refractivity contribution is 6.06. The SMILES string of the molecule is CC1(C)NC(=O)N(CCN(CCO)C2CCC2)C1=O. The maximum atomic E-state index is 12.0. The smallest absolute Gasteiger partial charge is 0.325 e. The number of aliphatic hydroxyl groups is 1. The first kappa shape index (κ1) is 14.3. The summed E-state index contributed by atoms with van der Waals surface area (Å²) in [5.41, 5.74) is -0.796. The van der Waals surface area contributed by atoms with E-state index in [9.17, 15) is 9.59 Å². The van der Waals surface area contributed by atoms with E-state index >= 15 is 0 Å². The molecule has 3 amide bonds. The number of carbonyl (C=O) groups excluding carboxylic acids is 2. The molecule has 2 N–H and O–H groups in total. The average Bonchev–Trinajstić information content (AvgIpc) is 2.44. The summed E-state index contributed by atoms with van der Waals surface area (Å²) in [4.78, 5) is 27.2. The lowest BCUT2D eigenvalue weighted by atomic mass is 9.91. The van der Waals surface area contributed by atoms with Crippen LogP contribution in [0.15, 0.2) is 0 Å². The number of amides is 3. The maximum absolute atomic E-state index is 12.0. The Balaban J connectivity index is 1.89. The van der Waals surface area contributed by atoms with Gasteiger partial charge >= 0.3 is 6.03 Å². The molecule has 0 aromatic carbocycles. The van der Waals surface area contributed by atoms with Crippen molar-refractivity contribution in [2.45, 2.75) is 44.7 Å². The Morgan fingerprint density at radius 2 is 2.05 bits per heavy atom. The van der Waals surface area contributed by atoms with Gasteiger partial charge in [0.15, 0.2) is 0 Å². The van der Waals surface area contributed by atoms with E-state index in [0.29, 0.717) is 25.7 Å². The van der Waals surface area contributed by atoms with Crippen molar-refractivity contribution < 1.29 is 14.7 Å². The monoisotopic (exact) mass is 269 g/mol. The molecule has 19 heavy (non-hydrogen) atoms. The molecular formula is C13H23N3O3. The highest BCUT2D eigenvalue weighted by atomic mass is 16.3. The maximum Gasteiger partial charge on any atom is 0.325 e. The molecule has 1 aliphatic carbocycles. The first-order valence-corrected chi connectivity index (χ1v) is 6.95. The van der Waals surface area contributed by atoms with Crippen LogP contribution in [0.1, 0.15) is 33.1 Å². The lowest BCUT2D eigenvalue weighted by molar-refractivity contribution is -0.130. The number of hydrogen-bond donors (Lipinski definition) is 2. The third-order valence-electron chi connectivity index (χ3n) is 4.03. The van der Waals surface area contributed by atoms with Crippen LogP contribution < -0.4 is 5.32 Å². The van der Waals surface area contributed by atoms with Gasteiger partial charge in [-0.05, 0) is 26.7 Å². The summed E-state index contributed by atoms with van der Waals surface area (Å²) in [5.74, 6) is -0.171. The molecule has 2 aliphatic rings. The zero-order valence-corrected chi connectivity index (χ0v) is 11.7. The summed E-state index contributed by atoms with van der Waals surface area (Å²) in [5, 5.41) is 11.8. The predicted molar refractivity (Wildman–Crippen MR) is 70.6 cm³/mol. The zero-order valence-electron chi connectivity index (χ0n) is 11.7. The van der Waals surface area contributed by atoms with Crippen molar-refractivity contribution in [1.82, 2.24) is 15.1 Å². The molecule has 0 spiro atoms. The predicted octanol–water partition coefficient (Wildman–Crippen LogP) is 0.164. The van der Waals surface area contributed by atoms with E-state index in [-0.39, 0.29) is 18.5 Å². The number of urea groups is 1. The van der Waals surface area contributed by atoms with Gasteiger partial charge in [-0.2, -0.15) is 0 Å². The van der Waals surface area contributed by atoms with Gasteiger partial charge in [0.1, 0.15) is 5.54 Å². The number of nitrogens with zero attached hydrogens (tertiary/aromatic N) is 2. The Morgan fingerprint density at radius 3 is 2.47 bits per heavy atom. The van der Waals surface area contributed by atoms with E-state index in [4.69, 9.17) is 5.11 Å². The van der Waals surface area contributed by atoms with Crippen LogP contribution in [0.5, 0.6) is 0 Å². The molecule has 1 heterocycles. The van der Waals surface area contributed by atoms with E-state index < -0.39 is 5.54 Å². The van der Waals surface area contributed by atoms with Gasteiger partial charge in [0.2, 0.25) is 0 Å². The number of imide groups is 1.